The Balaban J connectivity index is 2.89. The third kappa shape index (κ3) is 30.4. The molecule has 18 heteroatoms. The zero-order valence-electron chi connectivity index (χ0n) is 44.7. The molecule has 406 valence electrons. The fourth-order valence-electron chi connectivity index (χ4n) is 8.40. The molecule has 0 radical (unpaired) electrons. The van der Waals surface area contributed by atoms with Gasteiger partial charge in [0, 0.05) is 19.8 Å². The van der Waals surface area contributed by atoms with Crippen molar-refractivity contribution in [3.8, 4) is 0 Å². The number of aliphatic hydroxyl groups is 1. The van der Waals surface area contributed by atoms with E-state index in [2.05, 4.69) is 41.8 Å². The third-order valence-electron chi connectivity index (χ3n) is 12.7. The van der Waals surface area contributed by atoms with E-state index in [1.54, 1.807) is 0 Å². The number of nitrogens with two attached hydrogens (primary N) is 1. The van der Waals surface area contributed by atoms with Gasteiger partial charge in [-0.15, -0.1) is 12.6 Å². The van der Waals surface area contributed by atoms with Crippen LogP contribution in [0.1, 0.15) is 221 Å². The standard InChI is InChI=1S/C52H94N4O13S/c1-7-9-11-13-15-17-19-20-22-24-26-28-30-32-44(59)68-40(31-29-27-25-23-21-18-16-14-12-10-8-2)35-45(60)66-36-42-47(61)48(46(52(70)69-42)55-39(5)57)67-38(4)51(64)54-37(3)50(63)56-41(49(53)62)33-34-43(58)65-6/h37-38,40-42,46-48,52,61,70H,7-36H2,1-6H3,(H2,53,62)(H,54,64)(H,55,57)(H,56,63)/t37-,38+,40+,41-,42+,46+,47+,48+,52-/m0/s1/i/hD. The van der Waals surface area contributed by atoms with Gasteiger partial charge in [-0.25, -0.2) is 0 Å². The second-order valence-corrected chi connectivity index (χ2v) is 19.6. The zero-order valence-corrected chi connectivity index (χ0v) is 44.6. The molecular formula is C52H94N4O13S. The molecule has 1 aliphatic heterocycles. The van der Waals surface area contributed by atoms with Crippen molar-refractivity contribution in [3.63, 3.8) is 0 Å². The first-order chi connectivity index (χ1) is 34.0. The summed E-state index contributed by atoms with van der Waals surface area (Å²) >= 11 is 4.48. The second kappa shape index (κ2) is 40.1. The highest BCUT2D eigenvalue weighted by molar-refractivity contribution is 7.80. The molecule has 0 aromatic carbocycles. The smallest absolute Gasteiger partial charge is 0.309 e. The van der Waals surface area contributed by atoms with Gasteiger partial charge in [0.2, 0.25) is 23.6 Å². The number of amides is 4. The van der Waals surface area contributed by atoms with E-state index in [-0.39, 0.29) is 31.7 Å². The number of unbranched alkanes of at least 4 members (excludes halogenated alkanes) is 22. The highest BCUT2D eigenvalue weighted by Crippen LogP contribution is 2.28. The first-order valence-corrected chi connectivity index (χ1v) is 27.3. The minimum atomic E-state index is -1.60. The number of esters is 3. The van der Waals surface area contributed by atoms with E-state index in [4.69, 9.17) is 26.1 Å². The van der Waals surface area contributed by atoms with Crippen molar-refractivity contribution in [2.75, 3.05) is 13.7 Å². The number of methoxy groups -OCH3 is 1. The summed E-state index contributed by atoms with van der Waals surface area (Å²) < 4.78 is 36.3. The van der Waals surface area contributed by atoms with Gasteiger partial charge >= 0.3 is 17.9 Å². The summed E-state index contributed by atoms with van der Waals surface area (Å²) in [4.78, 5) is 88.6. The third-order valence-corrected chi connectivity index (χ3v) is 13.2. The lowest BCUT2D eigenvalue weighted by atomic mass is 9.97. The van der Waals surface area contributed by atoms with Crippen molar-refractivity contribution in [2.45, 2.75) is 275 Å². The summed E-state index contributed by atoms with van der Waals surface area (Å²) in [5, 5.41) is 16.8. The molecule has 0 bridgehead atoms. The maximum Gasteiger partial charge on any atom is 0.309 e. The van der Waals surface area contributed by atoms with E-state index in [1.807, 2.05) is 0 Å². The van der Waals surface area contributed by atoms with Crippen LogP contribution in [0.3, 0.4) is 0 Å². The average molecular weight is 1020 g/mol. The van der Waals surface area contributed by atoms with Crippen molar-refractivity contribution in [1.29, 1.82) is 0 Å². The van der Waals surface area contributed by atoms with Crippen molar-refractivity contribution in [2.24, 2.45) is 5.73 Å². The van der Waals surface area contributed by atoms with Gasteiger partial charge in [0.05, 0.1) is 19.6 Å². The first kappa shape index (κ1) is 62.6. The molecule has 0 aromatic heterocycles. The number of hydrogen-bond acceptors (Lipinski definition) is 14. The zero-order chi connectivity index (χ0) is 53.0. The van der Waals surface area contributed by atoms with E-state index in [1.165, 1.54) is 124 Å². The molecule has 9 atom stereocenters. The topological polar surface area (TPSA) is 248 Å². The maximum absolute atomic E-state index is 13.4. The minimum Gasteiger partial charge on any atom is -0.469 e. The van der Waals surface area contributed by atoms with E-state index in [0.29, 0.717) is 18.2 Å². The average Bonchev–Trinajstić information content (AvgIpc) is 3.33. The Bertz CT molecular complexity index is 1530. The van der Waals surface area contributed by atoms with E-state index in [0.717, 1.165) is 52.1 Å². The van der Waals surface area contributed by atoms with Gasteiger partial charge in [-0.3, -0.25) is 33.6 Å². The van der Waals surface area contributed by atoms with E-state index < -0.39 is 96.3 Å². The van der Waals surface area contributed by atoms with Crippen LogP contribution in [0.15, 0.2) is 0 Å². The lowest BCUT2D eigenvalue weighted by Gasteiger charge is -2.43. The largest absolute Gasteiger partial charge is 0.469 e. The number of ether oxygens (including phenoxy) is 5. The van der Waals surface area contributed by atoms with Crippen LogP contribution in [0.5, 0.6) is 0 Å². The summed E-state index contributed by atoms with van der Waals surface area (Å²) in [6.45, 7) is 7.72. The van der Waals surface area contributed by atoms with Crippen molar-refractivity contribution in [1.82, 2.24) is 15.9 Å². The summed E-state index contributed by atoms with van der Waals surface area (Å²) in [5.74, 6) is -5.07. The molecule has 1 saturated heterocycles. The Hall–Kier alpha value is -3.48. The number of carbonyl (C=O) groups excluding carboxylic acids is 7. The van der Waals surface area contributed by atoms with Crippen LogP contribution in [0.2, 0.25) is 1.41 Å². The maximum atomic E-state index is 13.4. The number of primary amides is 1. The van der Waals surface area contributed by atoms with Crippen LogP contribution in [-0.2, 0) is 57.2 Å². The van der Waals surface area contributed by atoms with Gasteiger partial charge in [0.15, 0.2) is 1.41 Å². The molecule has 1 heterocycles. The van der Waals surface area contributed by atoms with Crippen LogP contribution in [0, 0.1) is 0 Å². The van der Waals surface area contributed by atoms with Crippen LogP contribution in [0.25, 0.3) is 0 Å². The molecule has 70 heavy (non-hydrogen) atoms. The van der Waals surface area contributed by atoms with Gasteiger partial charge in [-0.1, -0.05) is 155 Å². The minimum absolute atomic E-state index is 0.174. The Labute approximate surface area is 426 Å². The van der Waals surface area contributed by atoms with Crippen molar-refractivity contribution in [3.05, 3.63) is 0 Å². The molecule has 0 spiro atoms. The van der Waals surface area contributed by atoms with Gasteiger partial charge in [0.1, 0.15) is 54.6 Å². The number of hydrogen-bond donors (Lipinski definition) is 6. The molecule has 0 saturated carbocycles. The van der Waals surface area contributed by atoms with Gasteiger partial charge in [0.25, 0.3) is 0 Å². The normalized spacial score (nSPS) is 19.7. The monoisotopic (exact) mass is 1020 g/mol. The SMILES string of the molecule is [2H]N(C(=O)[C@@H](C)O[C@H]1[C@H](O)[C@@H](COC(=O)C[C@@H](CCCCCCCCCCCCC)OC(=O)CCCCCCCCCCCCCCC)O[C@@H](S)[C@@H]1NC(C)=O)[C@@H](C)C(=O)N[C@@H](CCC(=O)OC)C(N)=O. The van der Waals surface area contributed by atoms with Crippen molar-refractivity contribution >= 4 is 54.2 Å². The summed E-state index contributed by atoms with van der Waals surface area (Å²) in [7, 11) is 1.16. The Morgan fingerprint density at radius 3 is 1.69 bits per heavy atom. The van der Waals surface area contributed by atoms with Crippen LogP contribution in [0.4, 0.5) is 0 Å². The van der Waals surface area contributed by atoms with Gasteiger partial charge in [-0.2, -0.15) is 0 Å². The number of rotatable bonds is 42. The van der Waals surface area contributed by atoms with Crippen molar-refractivity contribution < 1.29 is 63.8 Å². The quantitative estimate of drug-likeness (QED) is 0.0148. The number of aliphatic hydroxyl groups excluding tert-OH is 1. The molecule has 1 aliphatic rings. The number of carbonyl (C=O) groups is 7. The van der Waals surface area contributed by atoms with E-state index in [9.17, 15) is 38.7 Å². The number of nitrogens with one attached hydrogen (secondary N) is 3. The predicted molar refractivity (Wildman–Crippen MR) is 272 cm³/mol. The molecule has 4 amide bonds. The predicted octanol–water partition coefficient (Wildman–Crippen LogP) is 7.74. The Morgan fingerprint density at radius 2 is 1.20 bits per heavy atom. The summed E-state index contributed by atoms with van der Waals surface area (Å²) in [6.07, 6.45) is 21.9. The lowest BCUT2D eigenvalue weighted by Crippen LogP contribution is -2.64. The van der Waals surface area contributed by atoms with Crippen LogP contribution in [-0.4, -0.2) is 114 Å². The molecule has 6 N–H and O–H groups in total. The van der Waals surface area contributed by atoms with E-state index >= 15 is 0 Å². The highest BCUT2D eigenvalue weighted by atomic mass is 32.1. The molecule has 0 unspecified atom stereocenters. The summed E-state index contributed by atoms with van der Waals surface area (Å²) in [5.41, 5.74) is 4.27. The fourth-order valence-corrected chi connectivity index (χ4v) is 8.80. The molecular weight excluding hydrogens is 921 g/mol. The lowest BCUT2D eigenvalue weighted by molar-refractivity contribution is -0.204. The first-order valence-electron chi connectivity index (χ1n) is 27.2. The van der Waals surface area contributed by atoms with Crippen LogP contribution >= 0.6 is 12.6 Å². The Kier molecular flexibility index (Phi) is 35.8. The summed E-state index contributed by atoms with van der Waals surface area (Å²) in [6, 6.07) is -3.88. The van der Waals surface area contributed by atoms with Crippen LogP contribution < -0.4 is 21.7 Å². The second-order valence-electron chi connectivity index (χ2n) is 19.1. The molecule has 1 rings (SSSR count). The Morgan fingerprint density at radius 1 is 0.700 bits per heavy atom. The fraction of sp³-hybridized carbons (Fsp3) is 0.865. The van der Waals surface area contributed by atoms with Gasteiger partial charge in [-0.05, 0) is 39.5 Å². The highest BCUT2D eigenvalue weighted by Gasteiger charge is 2.47. The molecule has 0 aromatic rings. The van der Waals surface area contributed by atoms with Gasteiger partial charge < -0.3 is 50.5 Å². The molecule has 17 nitrogen and oxygen atoms in total. The molecule has 1 fully saturated rings. The number of thiol groups is 1. The molecule has 0 aliphatic carbocycles.